The highest BCUT2D eigenvalue weighted by molar-refractivity contribution is 5.58. The van der Waals surface area contributed by atoms with Gasteiger partial charge in [-0.1, -0.05) is 12.1 Å². The molecule has 0 aliphatic heterocycles. The van der Waals surface area contributed by atoms with Crippen molar-refractivity contribution >= 4 is 11.4 Å². The van der Waals surface area contributed by atoms with Crippen LogP contribution in [0.4, 0.5) is 11.4 Å². The third kappa shape index (κ3) is 4.81. The van der Waals surface area contributed by atoms with E-state index in [-0.39, 0.29) is 0 Å². The number of anilines is 2. The fraction of sp³-hybridized carbons (Fsp3) is 0.368. The van der Waals surface area contributed by atoms with E-state index in [1.54, 1.807) is 7.11 Å². The van der Waals surface area contributed by atoms with Crippen LogP contribution in [0.1, 0.15) is 24.5 Å². The number of hydrogen-bond acceptors (Lipinski definition) is 4. The van der Waals surface area contributed by atoms with Crippen LogP contribution in [-0.2, 0) is 6.42 Å². The van der Waals surface area contributed by atoms with Crippen LogP contribution >= 0.6 is 0 Å². The van der Waals surface area contributed by atoms with Crippen LogP contribution in [0.15, 0.2) is 36.4 Å². The maximum absolute atomic E-state index is 6.00. The van der Waals surface area contributed by atoms with Crippen molar-refractivity contribution in [3.05, 3.63) is 47.5 Å². The molecule has 0 bridgehead atoms. The molecular weight excluding hydrogens is 288 g/mol. The van der Waals surface area contributed by atoms with Gasteiger partial charge in [-0.25, -0.2) is 0 Å². The molecule has 3 N–H and O–H groups in total. The molecule has 124 valence electrons. The molecule has 4 heteroatoms. The van der Waals surface area contributed by atoms with Gasteiger partial charge in [-0.2, -0.15) is 0 Å². The van der Waals surface area contributed by atoms with Crippen molar-refractivity contribution in [2.24, 2.45) is 0 Å². The number of nitrogens with one attached hydrogen (secondary N) is 1. The summed E-state index contributed by atoms with van der Waals surface area (Å²) in [6.45, 7) is 5.55. The maximum atomic E-state index is 6.00. The normalized spacial score (nSPS) is 10.4. The van der Waals surface area contributed by atoms with Gasteiger partial charge in [0.2, 0.25) is 0 Å². The quantitative estimate of drug-likeness (QED) is 0.570. The van der Waals surface area contributed by atoms with E-state index in [0.29, 0.717) is 12.3 Å². The number of nitrogen functional groups attached to an aromatic ring is 1. The van der Waals surface area contributed by atoms with Gasteiger partial charge in [0.05, 0.1) is 25.1 Å². The Kier molecular flexibility index (Phi) is 6.15. The fourth-order valence-electron chi connectivity index (χ4n) is 2.52. The number of hydrogen-bond donors (Lipinski definition) is 2. The molecule has 0 atom stereocenters. The molecule has 2 rings (SSSR count). The van der Waals surface area contributed by atoms with Gasteiger partial charge in [0.15, 0.2) is 0 Å². The summed E-state index contributed by atoms with van der Waals surface area (Å²) in [6, 6.07) is 12.2. The molecule has 0 aliphatic rings. The van der Waals surface area contributed by atoms with Gasteiger partial charge in [0.1, 0.15) is 11.5 Å². The van der Waals surface area contributed by atoms with Gasteiger partial charge >= 0.3 is 0 Å². The van der Waals surface area contributed by atoms with E-state index in [4.69, 9.17) is 15.2 Å². The Morgan fingerprint density at radius 2 is 1.87 bits per heavy atom. The Morgan fingerprint density at radius 1 is 1.09 bits per heavy atom. The standard InChI is InChI=1S/C19H26N2O2/c1-4-23-18-10-8-15(13-16(18)20)6-5-11-21-17-12-14(2)7-9-19(17)22-3/h7-10,12-13,21H,4-6,11,20H2,1-3H3. The highest BCUT2D eigenvalue weighted by Crippen LogP contribution is 2.26. The third-order valence-corrected chi connectivity index (χ3v) is 3.69. The van der Waals surface area contributed by atoms with Crippen molar-refractivity contribution in [2.45, 2.75) is 26.7 Å². The van der Waals surface area contributed by atoms with Crippen LogP contribution in [0.2, 0.25) is 0 Å². The predicted octanol–water partition coefficient (Wildman–Crippen LogP) is 4.03. The molecule has 0 saturated carbocycles. The summed E-state index contributed by atoms with van der Waals surface area (Å²) in [6.07, 6.45) is 1.99. The Labute approximate surface area is 138 Å². The Bertz CT molecular complexity index is 641. The van der Waals surface area contributed by atoms with Gasteiger partial charge in [-0.3, -0.25) is 0 Å². The molecule has 23 heavy (non-hydrogen) atoms. The van der Waals surface area contributed by atoms with Crippen LogP contribution in [0.25, 0.3) is 0 Å². The van der Waals surface area contributed by atoms with Crippen LogP contribution < -0.4 is 20.5 Å². The summed E-state index contributed by atoms with van der Waals surface area (Å²) in [5, 5.41) is 3.44. The Balaban J connectivity index is 1.86. The minimum Gasteiger partial charge on any atom is -0.495 e. The summed E-state index contributed by atoms with van der Waals surface area (Å²) >= 11 is 0. The number of nitrogens with two attached hydrogens (primary N) is 1. The molecule has 0 aliphatic carbocycles. The van der Waals surface area contributed by atoms with E-state index in [2.05, 4.69) is 24.4 Å². The molecule has 0 radical (unpaired) electrons. The lowest BCUT2D eigenvalue weighted by Gasteiger charge is -2.12. The zero-order valence-electron chi connectivity index (χ0n) is 14.2. The minimum atomic E-state index is 0.631. The molecule has 0 saturated heterocycles. The smallest absolute Gasteiger partial charge is 0.142 e. The summed E-state index contributed by atoms with van der Waals surface area (Å²) < 4.78 is 10.8. The van der Waals surface area contributed by atoms with Gasteiger partial charge < -0.3 is 20.5 Å². The van der Waals surface area contributed by atoms with Crippen LogP contribution in [-0.4, -0.2) is 20.3 Å². The average molecular weight is 314 g/mol. The van der Waals surface area contributed by atoms with E-state index < -0.39 is 0 Å². The average Bonchev–Trinajstić information content (AvgIpc) is 2.54. The van der Waals surface area contributed by atoms with Crippen molar-refractivity contribution in [1.82, 2.24) is 0 Å². The topological polar surface area (TPSA) is 56.5 Å². The lowest BCUT2D eigenvalue weighted by molar-refractivity contribution is 0.342. The summed E-state index contributed by atoms with van der Waals surface area (Å²) in [7, 11) is 1.69. The monoisotopic (exact) mass is 314 g/mol. The second-order valence-corrected chi connectivity index (χ2v) is 5.54. The van der Waals surface area contributed by atoms with Crippen LogP contribution in [0.5, 0.6) is 11.5 Å². The second-order valence-electron chi connectivity index (χ2n) is 5.54. The first kappa shape index (κ1) is 17.0. The van der Waals surface area contributed by atoms with E-state index in [0.717, 1.165) is 36.6 Å². The van der Waals surface area contributed by atoms with Crippen molar-refractivity contribution in [3.63, 3.8) is 0 Å². The first-order chi connectivity index (χ1) is 11.1. The maximum Gasteiger partial charge on any atom is 0.142 e. The number of methoxy groups -OCH3 is 1. The van der Waals surface area contributed by atoms with E-state index in [1.165, 1.54) is 11.1 Å². The highest BCUT2D eigenvalue weighted by atomic mass is 16.5. The van der Waals surface area contributed by atoms with Crippen molar-refractivity contribution < 1.29 is 9.47 Å². The number of ether oxygens (including phenoxy) is 2. The molecule has 0 spiro atoms. The van der Waals surface area contributed by atoms with Crippen molar-refractivity contribution in [3.8, 4) is 11.5 Å². The molecule has 0 amide bonds. The molecular formula is C19H26N2O2. The summed E-state index contributed by atoms with van der Waals surface area (Å²) in [4.78, 5) is 0. The lowest BCUT2D eigenvalue weighted by Crippen LogP contribution is -2.05. The summed E-state index contributed by atoms with van der Waals surface area (Å²) in [5.41, 5.74) is 10.2. The SMILES string of the molecule is CCOc1ccc(CCCNc2cc(C)ccc2OC)cc1N. The molecule has 0 fully saturated rings. The van der Waals surface area contributed by atoms with E-state index in [9.17, 15) is 0 Å². The first-order valence-corrected chi connectivity index (χ1v) is 8.03. The second kappa shape index (κ2) is 8.32. The van der Waals surface area contributed by atoms with E-state index >= 15 is 0 Å². The van der Waals surface area contributed by atoms with Crippen molar-refractivity contribution in [1.29, 1.82) is 0 Å². The zero-order chi connectivity index (χ0) is 16.7. The van der Waals surface area contributed by atoms with Crippen LogP contribution in [0, 0.1) is 6.92 Å². The molecule has 0 heterocycles. The van der Waals surface area contributed by atoms with Gasteiger partial charge in [0.25, 0.3) is 0 Å². The molecule has 0 unspecified atom stereocenters. The summed E-state index contributed by atoms with van der Waals surface area (Å²) in [5.74, 6) is 1.64. The van der Waals surface area contributed by atoms with Crippen LogP contribution in [0.3, 0.4) is 0 Å². The highest BCUT2D eigenvalue weighted by Gasteiger charge is 2.04. The van der Waals surface area contributed by atoms with E-state index in [1.807, 2.05) is 31.2 Å². The van der Waals surface area contributed by atoms with Gasteiger partial charge in [0, 0.05) is 6.54 Å². The Morgan fingerprint density at radius 3 is 2.57 bits per heavy atom. The Hall–Kier alpha value is -2.36. The van der Waals surface area contributed by atoms with Crippen molar-refractivity contribution in [2.75, 3.05) is 31.3 Å². The number of benzene rings is 2. The zero-order valence-corrected chi connectivity index (χ0v) is 14.2. The predicted molar refractivity (Wildman–Crippen MR) is 96.6 cm³/mol. The van der Waals surface area contributed by atoms with Gasteiger partial charge in [-0.05, 0) is 62.1 Å². The molecule has 2 aromatic rings. The molecule has 4 nitrogen and oxygen atoms in total. The molecule has 0 aromatic heterocycles. The number of rotatable bonds is 8. The number of aryl methyl sites for hydroxylation is 2. The molecule has 2 aromatic carbocycles. The largest absolute Gasteiger partial charge is 0.495 e. The lowest BCUT2D eigenvalue weighted by atomic mass is 10.1. The first-order valence-electron chi connectivity index (χ1n) is 8.03. The minimum absolute atomic E-state index is 0.631. The third-order valence-electron chi connectivity index (χ3n) is 3.69. The van der Waals surface area contributed by atoms with Gasteiger partial charge in [-0.15, -0.1) is 0 Å². The fourth-order valence-corrected chi connectivity index (χ4v) is 2.52.